The third kappa shape index (κ3) is 2.52. The molecule has 6 nitrogen and oxygen atoms in total. The predicted molar refractivity (Wildman–Crippen MR) is 53.6 cm³/mol. The molecule has 16 heavy (non-hydrogen) atoms. The largest absolute Gasteiger partial charge is 0.467 e. The number of esters is 1. The number of rotatable bonds is 3. The van der Waals surface area contributed by atoms with Crippen LogP contribution < -0.4 is 0 Å². The molecule has 0 aromatic rings. The first-order valence-corrected chi connectivity index (χ1v) is 5.01. The van der Waals surface area contributed by atoms with Gasteiger partial charge in [0.1, 0.15) is 12.2 Å². The first-order chi connectivity index (χ1) is 7.20. The predicted octanol–water partition coefficient (Wildman–Crippen LogP) is -0.577. The van der Waals surface area contributed by atoms with Crippen LogP contribution in [-0.4, -0.2) is 53.5 Å². The highest BCUT2D eigenvalue weighted by Gasteiger charge is 2.48. The van der Waals surface area contributed by atoms with E-state index in [0.29, 0.717) is 0 Å². The minimum absolute atomic E-state index is 0.112. The van der Waals surface area contributed by atoms with Crippen molar-refractivity contribution in [3.05, 3.63) is 0 Å². The van der Waals surface area contributed by atoms with Gasteiger partial charge < -0.3 is 24.4 Å². The lowest BCUT2D eigenvalue weighted by molar-refractivity contribution is -0.193. The van der Waals surface area contributed by atoms with Crippen molar-refractivity contribution in [3.63, 3.8) is 0 Å². The van der Waals surface area contributed by atoms with E-state index in [9.17, 15) is 15.0 Å². The van der Waals surface area contributed by atoms with Crippen molar-refractivity contribution >= 4 is 5.97 Å². The van der Waals surface area contributed by atoms with Crippen LogP contribution in [0.2, 0.25) is 0 Å². The molecule has 94 valence electrons. The van der Waals surface area contributed by atoms with E-state index in [0.717, 1.165) is 7.11 Å². The molecule has 0 radical (unpaired) electrons. The molecule has 1 unspecified atom stereocenters. The van der Waals surface area contributed by atoms with Gasteiger partial charge in [-0.2, -0.15) is 0 Å². The smallest absolute Gasteiger partial charge is 0.340 e. The molecule has 1 aliphatic rings. The second-order valence-electron chi connectivity index (χ2n) is 4.45. The van der Waals surface area contributed by atoms with Gasteiger partial charge in [0.25, 0.3) is 0 Å². The topological polar surface area (TPSA) is 85.2 Å². The summed E-state index contributed by atoms with van der Waals surface area (Å²) in [7, 11) is 1.14. The van der Waals surface area contributed by atoms with Gasteiger partial charge in [0.05, 0.1) is 13.7 Å². The van der Waals surface area contributed by atoms with Crippen LogP contribution in [0.4, 0.5) is 0 Å². The SMILES string of the molecule is COC(=O)[C@@](C)(O)[C@H](O)C1COC(C)(C)O1. The van der Waals surface area contributed by atoms with Crippen molar-refractivity contribution in [1.29, 1.82) is 0 Å². The third-order valence-corrected chi connectivity index (χ3v) is 2.56. The van der Waals surface area contributed by atoms with Crippen LogP contribution in [0.5, 0.6) is 0 Å². The van der Waals surface area contributed by atoms with Gasteiger partial charge in [0.15, 0.2) is 11.4 Å². The minimum atomic E-state index is -2.01. The van der Waals surface area contributed by atoms with Crippen molar-refractivity contribution in [1.82, 2.24) is 0 Å². The molecular weight excluding hydrogens is 216 g/mol. The summed E-state index contributed by atoms with van der Waals surface area (Å²) < 4.78 is 15.0. The average molecular weight is 234 g/mol. The lowest BCUT2D eigenvalue weighted by Crippen LogP contribution is -2.54. The Morgan fingerprint density at radius 1 is 1.62 bits per heavy atom. The van der Waals surface area contributed by atoms with Crippen molar-refractivity contribution in [3.8, 4) is 0 Å². The molecule has 3 atom stereocenters. The van der Waals surface area contributed by atoms with Crippen LogP contribution in [0.1, 0.15) is 20.8 Å². The van der Waals surface area contributed by atoms with Gasteiger partial charge in [-0.3, -0.25) is 0 Å². The monoisotopic (exact) mass is 234 g/mol. The summed E-state index contributed by atoms with van der Waals surface area (Å²) in [5.74, 6) is -1.73. The van der Waals surface area contributed by atoms with Crippen LogP contribution in [0.25, 0.3) is 0 Å². The molecule has 0 aromatic heterocycles. The van der Waals surface area contributed by atoms with Crippen LogP contribution in [0.15, 0.2) is 0 Å². The lowest BCUT2D eigenvalue weighted by Gasteiger charge is -2.29. The summed E-state index contributed by atoms with van der Waals surface area (Å²) >= 11 is 0. The zero-order valence-electron chi connectivity index (χ0n) is 9.89. The maximum absolute atomic E-state index is 11.3. The maximum atomic E-state index is 11.3. The quantitative estimate of drug-likeness (QED) is 0.636. The average Bonchev–Trinajstić information content (AvgIpc) is 2.56. The van der Waals surface area contributed by atoms with Crippen molar-refractivity contribution < 1.29 is 29.2 Å². The summed E-state index contributed by atoms with van der Waals surface area (Å²) in [4.78, 5) is 11.3. The molecule has 6 heteroatoms. The maximum Gasteiger partial charge on any atom is 0.340 e. The van der Waals surface area contributed by atoms with E-state index < -0.39 is 29.6 Å². The van der Waals surface area contributed by atoms with Crippen LogP contribution >= 0.6 is 0 Å². The summed E-state index contributed by atoms with van der Waals surface area (Å²) in [6, 6.07) is 0. The van der Waals surface area contributed by atoms with Crippen molar-refractivity contribution in [2.75, 3.05) is 13.7 Å². The Morgan fingerprint density at radius 2 is 2.19 bits per heavy atom. The number of aliphatic hydroxyl groups excluding tert-OH is 1. The van der Waals surface area contributed by atoms with E-state index in [1.54, 1.807) is 13.8 Å². The first kappa shape index (κ1) is 13.4. The van der Waals surface area contributed by atoms with Crippen molar-refractivity contribution in [2.45, 2.75) is 44.4 Å². The van der Waals surface area contributed by atoms with Gasteiger partial charge in [0.2, 0.25) is 0 Å². The molecule has 1 heterocycles. The highest BCUT2D eigenvalue weighted by molar-refractivity contribution is 5.79. The number of aliphatic hydroxyl groups is 2. The summed E-state index contributed by atoms with van der Waals surface area (Å²) in [6.07, 6.45) is -2.16. The molecule has 1 saturated heterocycles. The van der Waals surface area contributed by atoms with Crippen molar-refractivity contribution in [2.24, 2.45) is 0 Å². The first-order valence-electron chi connectivity index (χ1n) is 5.01. The highest BCUT2D eigenvalue weighted by atomic mass is 16.7. The molecule has 0 bridgehead atoms. The number of methoxy groups -OCH3 is 1. The molecule has 1 fully saturated rings. The summed E-state index contributed by atoms with van der Waals surface area (Å²) in [5, 5.41) is 19.7. The molecule has 0 spiro atoms. The van der Waals surface area contributed by atoms with E-state index in [4.69, 9.17) is 9.47 Å². The Balaban J connectivity index is 2.71. The Bertz CT molecular complexity index is 272. The summed E-state index contributed by atoms with van der Waals surface area (Å²) in [5.41, 5.74) is -2.01. The number of hydrogen-bond donors (Lipinski definition) is 2. The number of ether oxygens (including phenoxy) is 3. The van der Waals surface area contributed by atoms with E-state index in [-0.39, 0.29) is 6.61 Å². The molecule has 0 aromatic carbocycles. The van der Waals surface area contributed by atoms with E-state index in [2.05, 4.69) is 4.74 Å². The van der Waals surface area contributed by atoms with Gasteiger partial charge in [-0.05, 0) is 20.8 Å². The zero-order chi connectivity index (χ0) is 12.6. The molecular formula is C10H18O6. The van der Waals surface area contributed by atoms with Crippen LogP contribution in [0, 0.1) is 0 Å². The summed E-state index contributed by atoms with van der Waals surface area (Å²) in [6.45, 7) is 4.67. The lowest BCUT2D eigenvalue weighted by atomic mass is 9.95. The zero-order valence-corrected chi connectivity index (χ0v) is 9.89. The van der Waals surface area contributed by atoms with E-state index >= 15 is 0 Å². The molecule has 0 saturated carbocycles. The number of hydrogen-bond acceptors (Lipinski definition) is 6. The molecule has 0 aliphatic carbocycles. The van der Waals surface area contributed by atoms with E-state index in [1.807, 2.05) is 0 Å². The Kier molecular flexibility index (Phi) is 3.59. The Morgan fingerprint density at radius 3 is 2.56 bits per heavy atom. The normalized spacial score (nSPS) is 29.5. The third-order valence-electron chi connectivity index (χ3n) is 2.56. The van der Waals surface area contributed by atoms with Gasteiger partial charge in [0, 0.05) is 0 Å². The Hall–Kier alpha value is -0.690. The Labute approximate surface area is 94.1 Å². The number of carbonyl (C=O) groups excluding carboxylic acids is 1. The fourth-order valence-corrected chi connectivity index (χ4v) is 1.56. The second kappa shape index (κ2) is 4.29. The van der Waals surface area contributed by atoms with Gasteiger partial charge in [-0.25, -0.2) is 4.79 Å². The fraction of sp³-hybridized carbons (Fsp3) is 0.900. The molecule has 1 rings (SSSR count). The fourth-order valence-electron chi connectivity index (χ4n) is 1.56. The van der Waals surface area contributed by atoms with E-state index in [1.165, 1.54) is 6.92 Å². The molecule has 2 N–H and O–H groups in total. The number of carbonyl (C=O) groups is 1. The van der Waals surface area contributed by atoms with Crippen LogP contribution in [-0.2, 0) is 19.0 Å². The van der Waals surface area contributed by atoms with Gasteiger partial charge >= 0.3 is 5.97 Å². The van der Waals surface area contributed by atoms with Gasteiger partial charge in [-0.15, -0.1) is 0 Å². The van der Waals surface area contributed by atoms with Crippen LogP contribution in [0.3, 0.4) is 0 Å². The standard InChI is InChI=1S/C10H18O6/c1-9(2)15-5-6(16-9)7(11)10(3,13)8(12)14-4/h6-7,11,13H,5H2,1-4H3/t6?,7-,10+/m1/s1. The minimum Gasteiger partial charge on any atom is -0.467 e. The highest BCUT2D eigenvalue weighted by Crippen LogP contribution is 2.28. The molecule has 1 aliphatic heterocycles. The van der Waals surface area contributed by atoms with Gasteiger partial charge in [-0.1, -0.05) is 0 Å². The molecule has 0 amide bonds. The second-order valence-corrected chi connectivity index (χ2v) is 4.45.